The SMILES string of the molecule is CCc1cc(C)nc(-c2ccc(N)cc2)n1. The van der Waals surface area contributed by atoms with Crippen molar-refractivity contribution in [2.75, 3.05) is 5.73 Å². The number of hydrogen-bond donors (Lipinski definition) is 1. The van der Waals surface area contributed by atoms with Crippen LogP contribution in [0.5, 0.6) is 0 Å². The van der Waals surface area contributed by atoms with Gasteiger partial charge in [-0.1, -0.05) is 6.92 Å². The number of benzene rings is 1. The third-order valence-corrected chi connectivity index (χ3v) is 2.44. The number of nitrogens with two attached hydrogens (primary N) is 1. The molecule has 3 heteroatoms. The highest BCUT2D eigenvalue weighted by Crippen LogP contribution is 2.17. The van der Waals surface area contributed by atoms with Gasteiger partial charge in [-0.15, -0.1) is 0 Å². The van der Waals surface area contributed by atoms with Gasteiger partial charge in [-0.05, 0) is 43.7 Å². The Balaban J connectivity index is 2.47. The van der Waals surface area contributed by atoms with Crippen LogP contribution in [-0.4, -0.2) is 9.97 Å². The van der Waals surface area contributed by atoms with E-state index in [9.17, 15) is 0 Å². The van der Waals surface area contributed by atoms with Crippen LogP contribution in [0.15, 0.2) is 30.3 Å². The van der Waals surface area contributed by atoms with E-state index >= 15 is 0 Å². The maximum atomic E-state index is 5.65. The van der Waals surface area contributed by atoms with Gasteiger partial charge in [0.2, 0.25) is 0 Å². The van der Waals surface area contributed by atoms with Gasteiger partial charge < -0.3 is 5.73 Å². The molecule has 0 bridgehead atoms. The molecule has 0 aliphatic heterocycles. The zero-order valence-electron chi connectivity index (χ0n) is 9.57. The van der Waals surface area contributed by atoms with E-state index < -0.39 is 0 Å². The van der Waals surface area contributed by atoms with Crippen molar-refractivity contribution in [3.05, 3.63) is 41.7 Å². The Morgan fingerprint density at radius 2 is 1.81 bits per heavy atom. The average molecular weight is 213 g/mol. The molecule has 1 aromatic heterocycles. The zero-order chi connectivity index (χ0) is 11.5. The Morgan fingerprint density at radius 3 is 2.44 bits per heavy atom. The molecule has 0 aliphatic rings. The van der Waals surface area contributed by atoms with Crippen LogP contribution in [-0.2, 0) is 6.42 Å². The van der Waals surface area contributed by atoms with Gasteiger partial charge in [0.05, 0.1) is 0 Å². The molecule has 16 heavy (non-hydrogen) atoms. The van der Waals surface area contributed by atoms with Gasteiger partial charge in [-0.3, -0.25) is 0 Å². The molecule has 0 spiro atoms. The summed E-state index contributed by atoms with van der Waals surface area (Å²) in [7, 11) is 0. The molecule has 1 aromatic carbocycles. The van der Waals surface area contributed by atoms with Crippen molar-refractivity contribution in [3.8, 4) is 11.4 Å². The molecule has 0 saturated heterocycles. The van der Waals surface area contributed by atoms with E-state index in [2.05, 4.69) is 16.9 Å². The lowest BCUT2D eigenvalue weighted by atomic mass is 10.2. The fourth-order valence-electron chi connectivity index (χ4n) is 1.58. The van der Waals surface area contributed by atoms with Crippen molar-refractivity contribution in [2.45, 2.75) is 20.3 Å². The first-order valence-electron chi connectivity index (χ1n) is 5.39. The summed E-state index contributed by atoms with van der Waals surface area (Å²) in [4.78, 5) is 8.93. The lowest BCUT2D eigenvalue weighted by Crippen LogP contribution is -1.97. The van der Waals surface area contributed by atoms with Crippen molar-refractivity contribution in [3.63, 3.8) is 0 Å². The first-order chi connectivity index (χ1) is 7.69. The molecule has 0 amide bonds. The van der Waals surface area contributed by atoms with Crippen LogP contribution < -0.4 is 5.73 Å². The standard InChI is InChI=1S/C13H15N3/c1-3-12-8-9(2)15-13(16-12)10-4-6-11(14)7-5-10/h4-8H,3,14H2,1-2H3. The summed E-state index contributed by atoms with van der Waals surface area (Å²) < 4.78 is 0. The summed E-state index contributed by atoms with van der Waals surface area (Å²) >= 11 is 0. The fraction of sp³-hybridized carbons (Fsp3) is 0.231. The molecule has 3 nitrogen and oxygen atoms in total. The molecule has 0 radical (unpaired) electrons. The van der Waals surface area contributed by atoms with Crippen LogP contribution in [0, 0.1) is 6.92 Å². The van der Waals surface area contributed by atoms with Gasteiger partial charge in [0, 0.05) is 22.6 Å². The van der Waals surface area contributed by atoms with Crippen LogP contribution in [0.2, 0.25) is 0 Å². The Hall–Kier alpha value is -1.90. The Labute approximate surface area is 95.4 Å². The predicted octanol–water partition coefficient (Wildman–Crippen LogP) is 2.60. The first kappa shape index (κ1) is 10.6. The second kappa shape index (κ2) is 4.31. The van der Waals surface area contributed by atoms with Crippen LogP contribution in [0.25, 0.3) is 11.4 Å². The number of hydrogen-bond acceptors (Lipinski definition) is 3. The summed E-state index contributed by atoms with van der Waals surface area (Å²) in [5, 5.41) is 0. The minimum atomic E-state index is 0.757. The van der Waals surface area contributed by atoms with Gasteiger partial charge >= 0.3 is 0 Å². The maximum Gasteiger partial charge on any atom is 0.159 e. The lowest BCUT2D eigenvalue weighted by molar-refractivity contribution is 0.983. The summed E-state index contributed by atoms with van der Waals surface area (Å²) in [5.74, 6) is 0.775. The number of rotatable bonds is 2. The molecule has 2 rings (SSSR count). The predicted molar refractivity (Wildman–Crippen MR) is 66.0 cm³/mol. The quantitative estimate of drug-likeness (QED) is 0.780. The van der Waals surface area contributed by atoms with Gasteiger partial charge in [-0.25, -0.2) is 9.97 Å². The third kappa shape index (κ3) is 2.19. The number of aryl methyl sites for hydroxylation is 2. The monoisotopic (exact) mass is 213 g/mol. The van der Waals surface area contributed by atoms with E-state index in [1.807, 2.05) is 37.3 Å². The number of nitrogens with zero attached hydrogens (tertiary/aromatic N) is 2. The van der Waals surface area contributed by atoms with Crippen LogP contribution in [0.3, 0.4) is 0 Å². The van der Waals surface area contributed by atoms with Crippen molar-refractivity contribution in [2.24, 2.45) is 0 Å². The van der Waals surface area contributed by atoms with E-state index in [0.717, 1.165) is 34.9 Å². The molecule has 0 saturated carbocycles. The van der Waals surface area contributed by atoms with Crippen molar-refractivity contribution >= 4 is 5.69 Å². The first-order valence-corrected chi connectivity index (χ1v) is 5.39. The van der Waals surface area contributed by atoms with E-state index in [1.165, 1.54) is 0 Å². The molecule has 2 aromatic rings. The van der Waals surface area contributed by atoms with Crippen molar-refractivity contribution in [1.82, 2.24) is 9.97 Å². The molecular weight excluding hydrogens is 198 g/mol. The number of anilines is 1. The largest absolute Gasteiger partial charge is 0.399 e. The highest BCUT2D eigenvalue weighted by Gasteiger charge is 2.03. The fourth-order valence-corrected chi connectivity index (χ4v) is 1.58. The highest BCUT2D eigenvalue weighted by atomic mass is 14.9. The minimum absolute atomic E-state index is 0.757. The number of nitrogen functional groups attached to an aromatic ring is 1. The molecular formula is C13H15N3. The molecule has 0 fully saturated rings. The van der Waals surface area contributed by atoms with Crippen molar-refractivity contribution in [1.29, 1.82) is 0 Å². The molecule has 0 unspecified atom stereocenters. The van der Waals surface area contributed by atoms with E-state index in [1.54, 1.807) is 0 Å². The van der Waals surface area contributed by atoms with Gasteiger partial charge in [0.1, 0.15) is 0 Å². The van der Waals surface area contributed by atoms with Crippen LogP contribution >= 0.6 is 0 Å². The maximum absolute atomic E-state index is 5.65. The molecule has 2 N–H and O–H groups in total. The summed E-state index contributed by atoms with van der Waals surface area (Å²) in [6.45, 7) is 4.08. The summed E-state index contributed by atoms with van der Waals surface area (Å²) in [6.07, 6.45) is 0.922. The smallest absolute Gasteiger partial charge is 0.159 e. The molecule has 0 atom stereocenters. The molecule has 82 valence electrons. The van der Waals surface area contributed by atoms with Crippen LogP contribution in [0.1, 0.15) is 18.3 Å². The van der Waals surface area contributed by atoms with Crippen LogP contribution in [0.4, 0.5) is 5.69 Å². The van der Waals surface area contributed by atoms with Gasteiger partial charge in [-0.2, -0.15) is 0 Å². The Bertz CT molecular complexity index is 489. The normalized spacial score (nSPS) is 10.4. The molecule has 1 heterocycles. The average Bonchev–Trinajstić information content (AvgIpc) is 2.29. The molecule has 0 aliphatic carbocycles. The summed E-state index contributed by atoms with van der Waals surface area (Å²) in [6, 6.07) is 9.65. The zero-order valence-corrected chi connectivity index (χ0v) is 9.57. The minimum Gasteiger partial charge on any atom is -0.399 e. The van der Waals surface area contributed by atoms with Gasteiger partial charge in [0.15, 0.2) is 5.82 Å². The Kier molecular flexibility index (Phi) is 2.86. The second-order valence-corrected chi connectivity index (χ2v) is 3.80. The number of aromatic nitrogens is 2. The van der Waals surface area contributed by atoms with E-state index in [4.69, 9.17) is 5.73 Å². The Morgan fingerprint density at radius 1 is 1.12 bits per heavy atom. The topological polar surface area (TPSA) is 51.8 Å². The highest BCUT2D eigenvalue weighted by molar-refractivity contribution is 5.58. The van der Waals surface area contributed by atoms with Crippen molar-refractivity contribution < 1.29 is 0 Å². The summed E-state index contributed by atoms with van der Waals surface area (Å²) in [5.41, 5.74) is 9.48. The van der Waals surface area contributed by atoms with Gasteiger partial charge in [0.25, 0.3) is 0 Å². The van der Waals surface area contributed by atoms with E-state index in [0.29, 0.717) is 0 Å². The lowest BCUT2D eigenvalue weighted by Gasteiger charge is -2.04. The third-order valence-electron chi connectivity index (χ3n) is 2.44. The second-order valence-electron chi connectivity index (χ2n) is 3.80. The van der Waals surface area contributed by atoms with E-state index in [-0.39, 0.29) is 0 Å².